The van der Waals surface area contributed by atoms with E-state index in [0.717, 1.165) is 12.1 Å². The molecule has 1 heterocycles. The van der Waals surface area contributed by atoms with Gasteiger partial charge in [-0.05, 0) is 55.0 Å². The Balaban J connectivity index is 1.87. The Hall–Kier alpha value is -4.73. The zero-order valence-electron chi connectivity index (χ0n) is 21.5. The lowest BCUT2D eigenvalue weighted by Gasteiger charge is -2.41. The molecule has 0 radical (unpaired) electrons. The number of hydrogen-bond donors (Lipinski definition) is 2. The quantitative estimate of drug-likeness (QED) is 0.304. The minimum absolute atomic E-state index is 0.00729. The third-order valence-electron chi connectivity index (χ3n) is 6.37. The number of rotatable bonds is 6. The van der Waals surface area contributed by atoms with E-state index in [-0.39, 0.29) is 23.6 Å². The molecule has 1 saturated heterocycles. The average Bonchev–Trinajstić information content (AvgIpc) is 2.92. The Morgan fingerprint density at radius 1 is 1.07 bits per heavy atom. The molecule has 0 saturated carbocycles. The van der Waals surface area contributed by atoms with Gasteiger partial charge < -0.3 is 11.1 Å². The van der Waals surface area contributed by atoms with Crippen molar-refractivity contribution in [1.82, 2.24) is 10.2 Å². The first-order valence-electron chi connectivity index (χ1n) is 12.3. The highest BCUT2D eigenvalue weighted by Crippen LogP contribution is 2.38. The van der Waals surface area contributed by atoms with E-state index in [1.54, 1.807) is 31.2 Å². The molecule has 3 aromatic rings. The van der Waals surface area contributed by atoms with Gasteiger partial charge in [0, 0.05) is 29.3 Å². The number of amidine groups is 1. The van der Waals surface area contributed by atoms with Crippen molar-refractivity contribution in [3.05, 3.63) is 125 Å². The SMILES string of the molecule is C=CCN1C(=O)C(NC(=O)c2cccc(C(F)(F)F)c2)[C@@H](c2ccc(F)cc2)C(=C(C)N)C1=Nc1ccccc1. The highest BCUT2D eigenvalue weighted by atomic mass is 19.4. The van der Waals surface area contributed by atoms with Gasteiger partial charge in [0.2, 0.25) is 0 Å². The van der Waals surface area contributed by atoms with E-state index in [2.05, 4.69) is 11.9 Å². The van der Waals surface area contributed by atoms with Crippen LogP contribution in [0, 0.1) is 5.82 Å². The number of likely N-dealkylation sites (tertiary alicyclic amines) is 1. The monoisotopic (exact) mass is 550 g/mol. The van der Waals surface area contributed by atoms with Crippen LogP contribution < -0.4 is 11.1 Å². The maximum Gasteiger partial charge on any atom is 0.416 e. The smallest absolute Gasteiger partial charge is 0.402 e. The Labute approximate surface area is 228 Å². The number of amides is 2. The largest absolute Gasteiger partial charge is 0.416 e. The summed E-state index contributed by atoms with van der Waals surface area (Å²) in [5, 5.41) is 2.61. The molecule has 2 amide bonds. The van der Waals surface area contributed by atoms with E-state index in [9.17, 15) is 27.2 Å². The average molecular weight is 551 g/mol. The normalized spacial score (nSPS) is 19.9. The molecule has 0 aromatic heterocycles. The van der Waals surface area contributed by atoms with Crippen molar-refractivity contribution < 1.29 is 27.2 Å². The Kier molecular flexibility index (Phi) is 8.18. The van der Waals surface area contributed by atoms with Gasteiger partial charge in [0.05, 0.1) is 11.3 Å². The topological polar surface area (TPSA) is 87.8 Å². The molecule has 0 bridgehead atoms. The summed E-state index contributed by atoms with van der Waals surface area (Å²) < 4.78 is 53.8. The van der Waals surface area contributed by atoms with Gasteiger partial charge in [-0.2, -0.15) is 13.2 Å². The Morgan fingerprint density at radius 2 is 1.75 bits per heavy atom. The van der Waals surface area contributed by atoms with E-state index < -0.39 is 41.3 Å². The van der Waals surface area contributed by atoms with E-state index in [1.165, 1.54) is 41.3 Å². The number of halogens is 4. The summed E-state index contributed by atoms with van der Waals surface area (Å²) in [6, 6.07) is 16.8. The Morgan fingerprint density at radius 3 is 2.35 bits per heavy atom. The first kappa shape index (κ1) is 28.3. The number of allylic oxidation sites excluding steroid dienone is 1. The summed E-state index contributed by atoms with van der Waals surface area (Å²) >= 11 is 0. The Bertz CT molecular complexity index is 1480. The number of aliphatic imine (C=N–C) groups is 1. The second-order valence-electron chi connectivity index (χ2n) is 9.16. The molecule has 3 N–H and O–H groups in total. The van der Waals surface area contributed by atoms with Gasteiger partial charge in [-0.1, -0.05) is 42.5 Å². The highest BCUT2D eigenvalue weighted by molar-refractivity contribution is 6.15. The maximum absolute atomic E-state index is 14.0. The summed E-state index contributed by atoms with van der Waals surface area (Å²) in [6.07, 6.45) is -3.19. The van der Waals surface area contributed by atoms with E-state index in [4.69, 9.17) is 10.7 Å². The molecule has 1 aliphatic rings. The van der Waals surface area contributed by atoms with Gasteiger partial charge in [0.15, 0.2) is 0 Å². The molecule has 40 heavy (non-hydrogen) atoms. The number of nitrogens with zero attached hydrogens (tertiary/aromatic N) is 2. The van der Waals surface area contributed by atoms with Crippen LogP contribution in [-0.2, 0) is 11.0 Å². The van der Waals surface area contributed by atoms with Crippen LogP contribution in [0.3, 0.4) is 0 Å². The second-order valence-corrected chi connectivity index (χ2v) is 9.16. The number of hydrogen-bond acceptors (Lipinski definition) is 4. The number of para-hydroxylation sites is 1. The third kappa shape index (κ3) is 5.96. The second kappa shape index (κ2) is 11.6. The summed E-state index contributed by atoms with van der Waals surface area (Å²) in [6.45, 7) is 5.34. The maximum atomic E-state index is 14.0. The fourth-order valence-corrected chi connectivity index (χ4v) is 4.57. The lowest BCUT2D eigenvalue weighted by molar-refractivity contribution is -0.137. The van der Waals surface area contributed by atoms with Crippen molar-refractivity contribution in [1.29, 1.82) is 0 Å². The van der Waals surface area contributed by atoms with Crippen molar-refractivity contribution in [3.63, 3.8) is 0 Å². The van der Waals surface area contributed by atoms with Crippen molar-refractivity contribution in [2.24, 2.45) is 10.7 Å². The number of carbonyl (C=O) groups is 2. The molecule has 1 fully saturated rings. The number of piperidine rings is 1. The molecule has 1 aliphatic heterocycles. The molecule has 1 unspecified atom stereocenters. The molecule has 4 rings (SSSR count). The lowest BCUT2D eigenvalue weighted by Crippen LogP contribution is -2.59. The van der Waals surface area contributed by atoms with Gasteiger partial charge in [-0.3, -0.25) is 14.5 Å². The van der Waals surface area contributed by atoms with Crippen molar-refractivity contribution in [3.8, 4) is 0 Å². The molecule has 2 atom stereocenters. The molecule has 0 aliphatic carbocycles. The van der Waals surface area contributed by atoms with Crippen LogP contribution in [0.15, 0.2) is 108 Å². The highest BCUT2D eigenvalue weighted by Gasteiger charge is 2.46. The van der Waals surface area contributed by atoms with Gasteiger partial charge in [0.25, 0.3) is 11.8 Å². The summed E-state index contributed by atoms with van der Waals surface area (Å²) in [7, 11) is 0. The molecular weight excluding hydrogens is 524 g/mol. The molecule has 3 aromatic carbocycles. The minimum Gasteiger partial charge on any atom is -0.402 e. The van der Waals surface area contributed by atoms with Crippen molar-refractivity contribution >= 4 is 23.3 Å². The fraction of sp³-hybridized carbons (Fsp3) is 0.167. The summed E-state index contributed by atoms with van der Waals surface area (Å²) in [5.74, 6) is -2.72. The van der Waals surface area contributed by atoms with Gasteiger partial charge in [0.1, 0.15) is 17.7 Å². The predicted octanol–water partition coefficient (Wildman–Crippen LogP) is 5.72. The summed E-state index contributed by atoms with van der Waals surface area (Å²) in [4.78, 5) is 33.3. The van der Waals surface area contributed by atoms with Crippen molar-refractivity contribution in [2.75, 3.05) is 6.54 Å². The first-order valence-corrected chi connectivity index (χ1v) is 12.3. The van der Waals surface area contributed by atoms with Crippen LogP contribution in [0.4, 0.5) is 23.2 Å². The molecule has 6 nitrogen and oxygen atoms in total. The molecule has 206 valence electrons. The number of nitrogens with two attached hydrogens (primary N) is 1. The van der Waals surface area contributed by atoms with Crippen LogP contribution in [-0.4, -0.2) is 35.1 Å². The van der Waals surface area contributed by atoms with E-state index in [0.29, 0.717) is 22.9 Å². The molecule has 0 spiro atoms. The third-order valence-corrected chi connectivity index (χ3v) is 6.37. The van der Waals surface area contributed by atoms with Crippen LogP contribution in [0.2, 0.25) is 0 Å². The van der Waals surface area contributed by atoms with E-state index in [1.807, 2.05) is 6.07 Å². The molecule has 10 heteroatoms. The van der Waals surface area contributed by atoms with Crippen LogP contribution in [0.25, 0.3) is 0 Å². The standard InChI is InChI=1S/C30H26F4N4O2/c1-3-16-38-27(36-23-10-5-4-6-11-23)24(18(2)35)25(19-12-14-22(31)15-13-19)26(29(38)40)37-28(39)20-8-7-9-21(17-20)30(32,33)34/h3-15,17,25-26H,1,16,35H2,2H3,(H,37,39)/t25-,26?/m0/s1. The predicted molar refractivity (Wildman–Crippen MR) is 144 cm³/mol. The van der Waals surface area contributed by atoms with Gasteiger partial charge >= 0.3 is 6.18 Å². The summed E-state index contributed by atoms with van der Waals surface area (Å²) in [5.41, 5.74) is 6.73. The zero-order valence-corrected chi connectivity index (χ0v) is 21.5. The van der Waals surface area contributed by atoms with Crippen LogP contribution in [0.1, 0.15) is 34.3 Å². The number of carbonyl (C=O) groups excluding carboxylic acids is 2. The number of nitrogens with one attached hydrogen (secondary N) is 1. The fourth-order valence-electron chi connectivity index (χ4n) is 4.57. The molecular formula is C30H26F4N4O2. The van der Waals surface area contributed by atoms with Crippen LogP contribution >= 0.6 is 0 Å². The van der Waals surface area contributed by atoms with Gasteiger partial charge in [-0.25, -0.2) is 9.38 Å². The minimum atomic E-state index is -4.66. The first-order chi connectivity index (χ1) is 19.0. The lowest BCUT2D eigenvalue weighted by atomic mass is 9.79. The van der Waals surface area contributed by atoms with Crippen LogP contribution in [0.5, 0.6) is 0 Å². The zero-order chi connectivity index (χ0) is 29.0. The number of alkyl halides is 3. The van der Waals surface area contributed by atoms with Gasteiger partial charge in [-0.15, -0.1) is 6.58 Å². The van der Waals surface area contributed by atoms with E-state index >= 15 is 0 Å². The number of benzene rings is 3. The van der Waals surface area contributed by atoms with Crippen molar-refractivity contribution in [2.45, 2.75) is 25.1 Å².